The van der Waals surface area contributed by atoms with E-state index in [9.17, 15) is 0 Å². The van der Waals surface area contributed by atoms with E-state index in [2.05, 4.69) is 83.9 Å². The van der Waals surface area contributed by atoms with Gasteiger partial charge in [-0.3, -0.25) is 4.99 Å². The minimum atomic E-state index is 0.219. The van der Waals surface area contributed by atoms with Crippen LogP contribution in [0.25, 0.3) is 68.2 Å². The number of hydrogen-bond acceptors (Lipinski definition) is 5. The van der Waals surface area contributed by atoms with Crippen molar-refractivity contribution in [2.45, 2.75) is 19.3 Å². The zero-order chi connectivity index (χ0) is 32.5. The second-order valence-corrected chi connectivity index (χ2v) is 12.0. The molecule has 1 aliphatic carbocycles. The first-order chi connectivity index (χ1) is 23.7. The summed E-state index contributed by atoms with van der Waals surface area (Å²) in [5.74, 6) is 2.16. The van der Waals surface area contributed by atoms with E-state index < -0.39 is 0 Å². The number of aliphatic imine (C=N–C) groups is 1. The number of benzene rings is 6. The van der Waals surface area contributed by atoms with Crippen molar-refractivity contribution in [2.75, 3.05) is 5.73 Å². The molecule has 0 fully saturated rings. The maximum absolute atomic E-state index is 6.63. The summed E-state index contributed by atoms with van der Waals surface area (Å²) in [7, 11) is 0. The van der Waals surface area contributed by atoms with Crippen LogP contribution in [0.3, 0.4) is 0 Å². The number of nitrogens with two attached hydrogens (primary N) is 1. The van der Waals surface area contributed by atoms with Gasteiger partial charge in [0.1, 0.15) is 0 Å². The van der Waals surface area contributed by atoms with Crippen molar-refractivity contribution in [3.63, 3.8) is 0 Å². The Morgan fingerprint density at radius 1 is 0.583 bits per heavy atom. The Morgan fingerprint density at radius 3 is 1.79 bits per heavy atom. The van der Waals surface area contributed by atoms with E-state index in [1.54, 1.807) is 0 Å². The fourth-order valence-electron chi connectivity index (χ4n) is 6.62. The number of nitrogens with zero attached hydrogens (tertiary/aromatic N) is 4. The SMILES string of the molecule is C/C=N\c1c(N)c2ccccc2c2c1=CCC(c1cccc(-c3cccc(-c4nc(-c5ccccc5)nc(-c5ccccc5)n4)c3)c1)C=2. The first-order valence-corrected chi connectivity index (χ1v) is 16.2. The van der Waals surface area contributed by atoms with E-state index in [-0.39, 0.29) is 5.92 Å². The molecule has 0 saturated carbocycles. The molecule has 1 heterocycles. The standard InChI is InChI=1S/C43H33N5/c1-2-45-40-37-24-23-33(27-38(37)35-21-9-10-22-36(35)39(40)44)31-18-11-17-30(25-31)32-19-12-20-34(26-32)43-47-41(28-13-5-3-6-14-28)46-42(48-43)29-15-7-4-8-16-29/h2-22,24-27,33H,23,44H2,1H3/b45-2-. The maximum Gasteiger partial charge on any atom is 0.164 e. The van der Waals surface area contributed by atoms with E-state index in [0.717, 1.165) is 61.6 Å². The minimum Gasteiger partial charge on any atom is -0.396 e. The molecule has 0 saturated heterocycles. The summed E-state index contributed by atoms with van der Waals surface area (Å²) >= 11 is 0. The summed E-state index contributed by atoms with van der Waals surface area (Å²) in [6, 6.07) is 45.8. The van der Waals surface area contributed by atoms with Crippen LogP contribution in [0.2, 0.25) is 0 Å². The van der Waals surface area contributed by atoms with Gasteiger partial charge in [0, 0.05) is 39.4 Å². The van der Waals surface area contributed by atoms with Crippen LogP contribution in [0.1, 0.15) is 24.8 Å². The topological polar surface area (TPSA) is 77.0 Å². The lowest BCUT2D eigenvalue weighted by Gasteiger charge is -2.19. The van der Waals surface area contributed by atoms with Crippen LogP contribution in [0.5, 0.6) is 0 Å². The Balaban J connectivity index is 1.19. The molecule has 48 heavy (non-hydrogen) atoms. The minimum absolute atomic E-state index is 0.219. The summed E-state index contributed by atoms with van der Waals surface area (Å²) in [5, 5.41) is 4.51. The first-order valence-electron chi connectivity index (χ1n) is 16.2. The van der Waals surface area contributed by atoms with Crippen LogP contribution in [0, 0.1) is 0 Å². The molecule has 5 heteroatoms. The van der Waals surface area contributed by atoms with Crippen LogP contribution in [-0.4, -0.2) is 21.2 Å². The Labute approximate surface area is 279 Å². The molecule has 8 rings (SSSR count). The number of rotatable bonds is 6. The highest BCUT2D eigenvalue weighted by Crippen LogP contribution is 2.33. The van der Waals surface area contributed by atoms with Crippen molar-refractivity contribution in [1.82, 2.24) is 15.0 Å². The molecule has 0 amide bonds. The molecule has 0 spiro atoms. The Bertz CT molecular complexity index is 2390. The van der Waals surface area contributed by atoms with Gasteiger partial charge in [0.05, 0.1) is 11.4 Å². The molecule has 7 aromatic rings. The molecule has 5 nitrogen and oxygen atoms in total. The lowest BCUT2D eigenvalue weighted by molar-refractivity contribution is 0.923. The van der Waals surface area contributed by atoms with E-state index in [1.807, 2.05) is 79.9 Å². The zero-order valence-electron chi connectivity index (χ0n) is 26.6. The van der Waals surface area contributed by atoms with Crippen molar-refractivity contribution < 1.29 is 0 Å². The van der Waals surface area contributed by atoms with Gasteiger partial charge in [-0.05, 0) is 46.7 Å². The van der Waals surface area contributed by atoms with Crippen LogP contribution in [0.15, 0.2) is 138 Å². The predicted molar refractivity (Wildman–Crippen MR) is 199 cm³/mol. The average molecular weight is 620 g/mol. The fourth-order valence-corrected chi connectivity index (χ4v) is 6.62. The number of fused-ring (bicyclic) bond motifs is 3. The summed E-state index contributed by atoms with van der Waals surface area (Å²) in [6.07, 6.45) is 7.38. The number of nitrogen functional groups attached to an aromatic ring is 1. The van der Waals surface area contributed by atoms with Gasteiger partial charge in [-0.1, -0.05) is 140 Å². The van der Waals surface area contributed by atoms with Gasteiger partial charge >= 0.3 is 0 Å². The number of hydrogen-bond donors (Lipinski definition) is 1. The largest absolute Gasteiger partial charge is 0.396 e. The van der Waals surface area contributed by atoms with Crippen molar-refractivity contribution in [3.05, 3.63) is 149 Å². The second kappa shape index (κ2) is 12.5. The monoisotopic (exact) mass is 619 g/mol. The predicted octanol–water partition coefficient (Wildman–Crippen LogP) is 8.75. The third-order valence-electron chi connectivity index (χ3n) is 8.98. The first kappa shape index (κ1) is 29.2. The summed E-state index contributed by atoms with van der Waals surface area (Å²) in [6.45, 7) is 1.93. The van der Waals surface area contributed by atoms with Crippen molar-refractivity contribution in [1.29, 1.82) is 0 Å². The zero-order valence-corrected chi connectivity index (χ0v) is 26.6. The molecule has 0 aliphatic heterocycles. The van der Waals surface area contributed by atoms with Gasteiger partial charge < -0.3 is 5.73 Å². The van der Waals surface area contributed by atoms with E-state index in [1.165, 1.54) is 10.8 Å². The third kappa shape index (κ3) is 5.46. The van der Waals surface area contributed by atoms with Gasteiger partial charge in [-0.2, -0.15) is 0 Å². The normalized spacial score (nSPS) is 14.0. The van der Waals surface area contributed by atoms with Crippen LogP contribution < -0.4 is 16.2 Å². The molecule has 1 unspecified atom stereocenters. The molecule has 6 aromatic carbocycles. The lowest BCUT2D eigenvalue weighted by atomic mass is 9.87. The van der Waals surface area contributed by atoms with E-state index in [4.69, 9.17) is 20.7 Å². The van der Waals surface area contributed by atoms with Gasteiger partial charge in [-0.15, -0.1) is 0 Å². The molecular formula is C43H33N5. The summed E-state index contributed by atoms with van der Waals surface area (Å²) < 4.78 is 0. The maximum atomic E-state index is 6.63. The van der Waals surface area contributed by atoms with E-state index in [0.29, 0.717) is 17.5 Å². The van der Waals surface area contributed by atoms with Gasteiger partial charge in [0.25, 0.3) is 0 Å². The summed E-state index contributed by atoms with van der Waals surface area (Å²) in [4.78, 5) is 19.4. The fraction of sp³-hybridized carbons (Fsp3) is 0.0698. The molecule has 230 valence electrons. The molecular weight excluding hydrogens is 587 g/mol. The molecule has 1 aromatic heterocycles. The Morgan fingerprint density at radius 2 is 1.12 bits per heavy atom. The van der Waals surface area contributed by atoms with Crippen molar-refractivity contribution >= 4 is 40.5 Å². The molecule has 1 atom stereocenters. The number of aromatic nitrogens is 3. The highest BCUT2D eigenvalue weighted by Gasteiger charge is 2.17. The molecule has 2 N–H and O–H groups in total. The van der Waals surface area contributed by atoms with Gasteiger partial charge in [0.15, 0.2) is 17.5 Å². The van der Waals surface area contributed by atoms with Crippen LogP contribution in [0.4, 0.5) is 11.4 Å². The Hall–Kier alpha value is -6.20. The highest BCUT2D eigenvalue weighted by molar-refractivity contribution is 6.00. The van der Waals surface area contributed by atoms with Crippen molar-refractivity contribution in [2.24, 2.45) is 4.99 Å². The van der Waals surface area contributed by atoms with Gasteiger partial charge in [0.2, 0.25) is 0 Å². The smallest absolute Gasteiger partial charge is 0.164 e. The average Bonchev–Trinajstić information content (AvgIpc) is 3.17. The highest BCUT2D eigenvalue weighted by atomic mass is 15.0. The second-order valence-electron chi connectivity index (χ2n) is 12.0. The van der Waals surface area contributed by atoms with Crippen molar-refractivity contribution in [3.8, 4) is 45.3 Å². The van der Waals surface area contributed by atoms with Gasteiger partial charge in [-0.25, -0.2) is 15.0 Å². The molecule has 0 bridgehead atoms. The van der Waals surface area contributed by atoms with Crippen LogP contribution >= 0.6 is 0 Å². The quantitative estimate of drug-likeness (QED) is 0.149. The number of anilines is 1. The molecule has 1 aliphatic rings. The van der Waals surface area contributed by atoms with E-state index >= 15 is 0 Å². The van der Waals surface area contributed by atoms with Crippen LogP contribution in [-0.2, 0) is 0 Å². The molecule has 0 radical (unpaired) electrons. The third-order valence-corrected chi connectivity index (χ3v) is 8.98. The summed E-state index contributed by atoms with van der Waals surface area (Å²) in [5.41, 5.74) is 14.6. The Kier molecular flexibility index (Phi) is 7.63. The lowest BCUT2D eigenvalue weighted by Crippen LogP contribution is -2.30.